The fraction of sp³-hybridized carbons (Fsp3) is 0.421. The number of carbonyl (C=O) groups is 1. The van der Waals surface area contributed by atoms with Gasteiger partial charge in [0.1, 0.15) is 0 Å². The van der Waals surface area contributed by atoms with Gasteiger partial charge in [-0.05, 0) is 31.4 Å². The minimum Gasteiger partial charge on any atom is -0.465 e. The first kappa shape index (κ1) is 17.5. The summed E-state index contributed by atoms with van der Waals surface area (Å²) in [6.07, 6.45) is 1.07. The summed E-state index contributed by atoms with van der Waals surface area (Å²) in [5.74, 6) is 0.468. The van der Waals surface area contributed by atoms with Gasteiger partial charge in [0.05, 0.1) is 18.2 Å². The Balaban J connectivity index is 1.52. The summed E-state index contributed by atoms with van der Waals surface area (Å²) in [5, 5.41) is 3.65. The lowest BCUT2D eigenvalue weighted by Crippen LogP contribution is -2.38. The maximum atomic E-state index is 11.9. The monoisotopic (exact) mass is 387 g/mol. The molecule has 1 aromatic carbocycles. The van der Waals surface area contributed by atoms with Gasteiger partial charge in [-0.1, -0.05) is 36.0 Å². The van der Waals surface area contributed by atoms with Gasteiger partial charge in [-0.3, -0.25) is 4.79 Å². The van der Waals surface area contributed by atoms with Crippen molar-refractivity contribution in [3.05, 3.63) is 46.5 Å². The third-order valence-corrected chi connectivity index (χ3v) is 6.68. The second-order valence-corrected chi connectivity index (χ2v) is 8.31. The summed E-state index contributed by atoms with van der Waals surface area (Å²) in [7, 11) is 0. The number of benzene rings is 1. The zero-order chi connectivity index (χ0) is 18.1. The average Bonchev–Trinajstić information content (AvgIpc) is 3.27. The number of hydrogen-bond acceptors (Lipinski definition) is 6. The highest BCUT2D eigenvalue weighted by Crippen LogP contribution is 2.35. The van der Waals surface area contributed by atoms with Crippen LogP contribution >= 0.6 is 23.1 Å². The summed E-state index contributed by atoms with van der Waals surface area (Å²) >= 11 is 3.28. The highest BCUT2D eigenvalue weighted by Gasteiger charge is 2.34. The lowest BCUT2D eigenvalue weighted by Gasteiger charge is -2.32. The molecule has 0 bridgehead atoms. The number of hydrogen-bond donors (Lipinski definition) is 0. The van der Waals surface area contributed by atoms with Crippen molar-refractivity contribution in [2.45, 2.75) is 38.8 Å². The molecule has 0 aliphatic carbocycles. The minimum absolute atomic E-state index is 0.236. The zero-order valence-corrected chi connectivity index (χ0v) is 16.5. The van der Waals surface area contributed by atoms with Crippen molar-refractivity contribution in [1.29, 1.82) is 0 Å². The van der Waals surface area contributed by atoms with Crippen LogP contribution in [-0.4, -0.2) is 39.4 Å². The maximum absolute atomic E-state index is 11.9. The van der Waals surface area contributed by atoms with Crippen LogP contribution in [0.15, 0.2) is 34.6 Å². The van der Waals surface area contributed by atoms with Gasteiger partial charge in [0.2, 0.25) is 5.13 Å². The highest BCUT2D eigenvalue weighted by atomic mass is 32.2. The predicted octanol–water partition coefficient (Wildman–Crippen LogP) is 3.97. The normalized spacial score (nSPS) is 21.4. The SMILES string of the molecule is CCOC(=O)C(C)c1csc(N=C2SC[C@@H]3Cc4ccccc4CN23)n1. The van der Waals surface area contributed by atoms with Gasteiger partial charge in [-0.15, -0.1) is 11.3 Å². The van der Waals surface area contributed by atoms with Crippen molar-refractivity contribution in [2.75, 3.05) is 12.4 Å². The zero-order valence-electron chi connectivity index (χ0n) is 14.8. The van der Waals surface area contributed by atoms with Gasteiger partial charge in [0.25, 0.3) is 0 Å². The van der Waals surface area contributed by atoms with Crippen LogP contribution in [0.2, 0.25) is 0 Å². The smallest absolute Gasteiger partial charge is 0.314 e. The number of aromatic nitrogens is 1. The molecule has 2 aliphatic heterocycles. The van der Waals surface area contributed by atoms with E-state index in [-0.39, 0.29) is 11.9 Å². The second-order valence-electron chi connectivity index (χ2n) is 6.49. The number of nitrogens with zero attached hydrogens (tertiary/aromatic N) is 3. The Kier molecular flexibility index (Phi) is 5.00. The molecular weight excluding hydrogens is 366 g/mol. The molecule has 2 aliphatic rings. The Hall–Kier alpha value is -1.86. The van der Waals surface area contributed by atoms with Gasteiger partial charge in [-0.25, -0.2) is 4.98 Å². The summed E-state index contributed by atoms with van der Waals surface area (Å²) in [5.41, 5.74) is 3.57. The van der Waals surface area contributed by atoms with Gasteiger partial charge in [-0.2, -0.15) is 4.99 Å². The third-order valence-electron chi connectivity index (χ3n) is 4.79. The number of aliphatic imine (C=N–C) groups is 1. The van der Waals surface area contributed by atoms with Crippen LogP contribution in [-0.2, 0) is 22.5 Å². The Morgan fingerprint density at radius 3 is 3.04 bits per heavy atom. The molecule has 1 unspecified atom stereocenters. The minimum atomic E-state index is -0.356. The fourth-order valence-electron chi connectivity index (χ4n) is 3.31. The number of amidine groups is 1. The first-order valence-corrected chi connectivity index (χ1v) is 10.7. The van der Waals surface area contributed by atoms with Gasteiger partial charge < -0.3 is 9.64 Å². The molecule has 0 radical (unpaired) electrons. The van der Waals surface area contributed by atoms with Crippen molar-refractivity contribution >= 4 is 39.4 Å². The molecule has 2 atom stereocenters. The summed E-state index contributed by atoms with van der Waals surface area (Å²) < 4.78 is 5.08. The molecule has 3 heterocycles. The van der Waals surface area contributed by atoms with E-state index in [9.17, 15) is 4.79 Å². The van der Waals surface area contributed by atoms with Crippen LogP contribution in [0.1, 0.15) is 36.6 Å². The van der Waals surface area contributed by atoms with Gasteiger partial charge >= 0.3 is 5.97 Å². The van der Waals surface area contributed by atoms with E-state index in [1.54, 1.807) is 11.8 Å². The van der Waals surface area contributed by atoms with Crippen LogP contribution in [0.5, 0.6) is 0 Å². The van der Waals surface area contributed by atoms with E-state index in [1.807, 2.05) is 19.2 Å². The molecular formula is C19H21N3O2S2. The van der Waals surface area contributed by atoms with Gasteiger partial charge in [0, 0.05) is 23.7 Å². The van der Waals surface area contributed by atoms with Crippen molar-refractivity contribution in [1.82, 2.24) is 9.88 Å². The van der Waals surface area contributed by atoms with Crippen LogP contribution in [0.25, 0.3) is 0 Å². The van der Waals surface area contributed by atoms with Crippen LogP contribution in [0, 0.1) is 0 Å². The summed E-state index contributed by atoms with van der Waals surface area (Å²) in [6.45, 7) is 4.93. The molecule has 0 spiro atoms. The topological polar surface area (TPSA) is 54.8 Å². The van der Waals surface area contributed by atoms with Crippen LogP contribution in [0.3, 0.4) is 0 Å². The Bertz CT molecular complexity index is 849. The number of thiazole rings is 1. The van der Waals surface area contributed by atoms with E-state index in [0.717, 1.165) is 29.6 Å². The molecule has 7 heteroatoms. The first-order chi connectivity index (χ1) is 12.7. The first-order valence-electron chi connectivity index (χ1n) is 8.82. The maximum Gasteiger partial charge on any atom is 0.314 e. The predicted molar refractivity (Wildman–Crippen MR) is 106 cm³/mol. The van der Waals surface area contributed by atoms with E-state index in [1.165, 1.54) is 22.5 Å². The highest BCUT2D eigenvalue weighted by molar-refractivity contribution is 8.14. The van der Waals surface area contributed by atoms with E-state index >= 15 is 0 Å². The molecule has 0 N–H and O–H groups in total. The van der Waals surface area contributed by atoms with E-state index in [4.69, 9.17) is 9.73 Å². The Morgan fingerprint density at radius 2 is 2.23 bits per heavy atom. The molecule has 5 nitrogen and oxygen atoms in total. The Labute approximate surface area is 161 Å². The molecule has 26 heavy (non-hydrogen) atoms. The number of fused-ring (bicyclic) bond motifs is 2. The largest absolute Gasteiger partial charge is 0.465 e. The van der Waals surface area contributed by atoms with E-state index < -0.39 is 0 Å². The number of ether oxygens (including phenoxy) is 1. The van der Waals surface area contributed by atoms with Crippen LogP contribution < -0.4 is 0 Å². The van der Waals surface area contributed by atoms with Crippen molar-refractivity contribution in [2.24, 2.45) is 4.99 Å². The summed E-state index contributed by atoms with van der Waals surface area (Å²) in [6, 6.07) is 9.16. The second kappa shape index (κ2) is 7.40. The van der Waals surface area contributed by atoms with Crippen LogP contribution in [0.4, 0.5) is 5.13 Å². The standard InChI is InChI=1S/C19H21N3O2S2/c1-3-24-17(23)12(2)16-11-25-18(20-16)21-19-22-9-14-7-5-4-6-13(14)8-15(22)10-26-19/h4-7,11-12,15H,3,8-10H2,1-2H3/t12?,15-/m0/s1. The Morgan fingerprint density at radius 1 is 1.42 bits per heavy atom. The molecule has 1 fully saturated rings. The van der Waals surface area contributed by atoms with Gasteiger partial charge in [0.15, 0.2) is 5.17 Å². The average molecular weight is 388 g/mol. The number of esters is 1. The number of thioether (sulfide) groups is 1. The van der Waals surface area contributed by atoms with E-state index in [2.05, 4.69) is 34.1 Å². The number of rotatable bonds is 4. The van der Waals surface area contributed by atoms with Crippen molar-refractivity contribution in [3.63, 3.8) is 0 Å². The molecule has 1 saturated heterocycles. The molecule has 4 rings (SSSR count). The molecule has 136 valence electrons. The number of carbonyl (C=O) groups excluding carboxylic acids is 1. The van der Waals surface area contributed by atoms with E-state index in [0.29, 0.717) is 17.8 Å². The third kappa shape index (κ3) is 3.38. The molecule has 2 aromatic rings. The fourth-order valence-corrected chi connectivity index (χ4v) is 5.31. The van der Waals surface area contributed by atoms with Crippen molar-refractivity contribution in [3.8, 4) is 0 Å². The molecule has 1 aromatic heterocycles. The molecule has 0 amide bonds. The summed E-state index contributed by atoms with van der Waals surface area (Å²) in [4.78, 5) is 23.6. The lowest BCUT2D eigenvalue weighted by atomic mass is 9.95. The van der Waals surface area contributed by atoms with Crippen molar-refractivity contribution < 1.29 is 9.53 Å². The quantitative estimate of drug-likeness (QED) is 0.743. The molecule has 0 saturated carbocycles. The lowest BCUT2D eigenvalue weighted by molar-refractivity contribution is -0.144.